The van der Waals surface area contributed by atoms with Crippen LogP contribution in [0.1, 0.15) is 6.92 Å². The Balaban J connectivity index is 2.24. The fourth-order valence-electron chi connectivity index (χ4n) is 1.35. The van der Waals surface area contributed by atoms with Crippen molar-refractivity contribution in [3.8, 4) is 0 Å². The molecule has 0 spiro atoms. The van der Waals surface area contributed by atoms with Gasteiger partial charge in [0.15, 0.2) is 5.16 Å². The molecule has 0 amide bonds. The number of nitrogen functional groups attached to an aromatic ring is 1. The van der Waals surface area contributed by atoms with Crippen molar-refractivity contribution in [2.45, 2.75) is 12.1 Å². The standard InChI is InChI=1S/C9H11N5O3S/c1-2-17-7(16)4-18-9-13-12-8-11-6(15)3-5(10)14(8)9/h3H,2,4,10H2,1H3,(H,11,12,15). The van der Waals surface area contributed by atoms with E-state index in [2.05, 4.69) is 15.2 Å². The van der Waals surface area contributed by atoms with Crippen molar-refractivity contribution >= 4 is 29.3 Å². The molecular formula is C9H11N5O3S. The zero-order chi connectivity index (χ0) is 13.1. The maximum absolute atomic E-state index is 11.2. The van der Waals surface area contributed by atoms with Gasteiger partial charge in [0, 0.05) is 6.07 Å². The highest BCUT2D eigenvalue weighted by Gasteiger charge is 2.12. The van der Waals surface area contributed by atoms with Crippen molar-refractivity contribution in [2.75, 3.05) is 18.1 Å². The van der Waals surface area contributed by atoms with Gasteiger partial charge >= 0.3 is 5.97 Å². The SMILES string of the molecule is CCOC(=O)CSc1nnc2[nH]c(=O)cc(N)n12. The first kappa shape index (κ1) is 12.4. The molecule has 0 aliphatic heterocycles. The number of ether oxygens (including phenoxy) is 1. The fourth-order valence-corrected chi connectivity index (χ4v) is 2.10. The van der Waals surface area contributed by atoms with Crippen LogP contribution >= 0.6 is 11.8 Å². The van der Waals surface area contributed by atoms with E-state index in [4.69, 9.17) is 10.5 Å². The number of fused-ring (bicyclic) bond motifs is 1. The van der Waals surface area contributed by atoms with E-state index in [1.165, 1.54) is 10.5 Å². The number of esters is 1. The van der Waals surface area contributed by atoms with E-state index in [0.29, 0.717) is 11.8 Å². The van der Waals surface area contributed by atoms with E-state index in [1.54, 1.807) is 6.92 Å². The summed E-state index contributed by atoms with van der Waals surface area (Å²) < 4.78 is 6.26. The number of rotatable bonds is 4. The average Bonchev–Trinajstić information content (AvgIpc) is 2.70. The number of nitrogens with zero attached hydrogens (tertiary/aromatic N) is 3. The van der Waals surface area contributed by atoms with Gasteiger partial charge in [0.05, 0.1) is 12.4 Å². The summed E-state index contributed by atoms with van der Waals surface area (Å²) in [6.07, 6.45) is 0. The second-order valence-corrected chi connectivity index (χ2v) is 4.24. The molecule has 0 atom stereocenters. The van der Waals surface area contributed by atoms with Crippen molar-refractivity contribution in [3.63, 3.8) is 0 Å². The third kappa shape index (κ3) is 2.45. The first-order chi connectivity index (χ1) is 8.61. The molecule has 0 unspecified atom stereocenters. The summed E-state index contributed by atoms with van der Waals surface area (Å²) in [5, 5.41) is 8.04. The van der Waals surface area contributed by atoms with Crippen LogP contribution in [0.15, 0.2) is 16.0 Å². The molecule has 0 aliphatic rings. The van der Waals surface area contributed by atoms with Crippen LogP contribution in [0, 0.1) is 0 Å². The van der Waals surface area contributed by atoms with Gasteiger partial charge in [-0.1, -0.05) is 11.8 Å². The maximum atomic E-state index is 11.2. The predicted molar refractivity (Wildman–Crippen MR) is 65.4 cm³/mol. The van der Waals surface area contributed by atoms with Crippen molar-refractivity contribution < 1.29 is 9.53 Å². The van der Waals surface area contributed by atoms with Crippen molar-refractivity contribution in [3.05, 3.63) is 16.4 Å². The minimum absolute atomic E-state index is 0.104. The molecule has 2 aromatic heterocycles. The second-order valence-electron chi connectivity index (χ2n) is 3.29. The normalized spacial score (nSPS) is 10.7. The largest absolute Gasteiger partial charge is 0.465 e. The molecular weight excluding hydrogens is 258 g/mol. The van der Waals surface area contributed by atoms with E-state index in [-0.39, 0.29) is 28.9 Å². The third-order valence-electron chi connectivity index (χ3n) is 2.03. The Morgan fingerprint density at radius 1 is 1.61 bits per heavy atom. The lowest BCUT2D eigenvalue weighted by atomic mass is 10.6. The summed E-state index contributed by atoms with van der Waals surface area (Å²) in [6, 6.07) is 1.23. The number of anilines is 1. The highest BCUT2D eigenvalue weighted by atomic mass is 32.2. The van der Waals surface area contributed by atoms with E-state index in [0.717, 1.165) is 11.8 Å². The molecule has 2 heterocycles. The molecule has 0 aliphatic carbocycles. The second kappa shape index (κ2) is 5.08. The Morgan fingerprint density at radius 3 is 3.11 bits per heavy atom. The number of H-pyrrole nitrogens is 1. The van der Waals surface area contributed by atoms with Crippen molar-refractivity contribution in [1.82, 2.24) is 19.6 Å². The lowest BCUT2D eigenvalue weighted by Gasteiger charge is -2.02. The zero-order valence-corrected chi connectivity index (χ0v) is 10.4. The van der Waals surface area contributed by atoms with Crippen LogP contribution in [0.2, 0.25) is 0 Å². The van der Waals surface area contributed by atoms with E-state index >= 15 is 0 Å². The number of hydrogen-bond donors (Lipinski definition) is 2. The molecule has 96 valence electrons. The summed E-state index contributed by atoms with van der Waals surface area (Å²) in [7, 11) is 0. The van der Waals surface area contributed by atoms with E-state index in [1.807, 2.05) is 0 Å². The van der Waals surface area contributed by atoms with Gasteiger partial charge in [-0.2, -0.15) is 0 Å². The van der Waals surface area contributed by atoms with Gasteiger partial charge in [-0.05, 0) is 6.92 Å². The Kier molecular flexibility index (Phi) is 3.51. The molecule has 18 heavy (non-hydrogen) atoms. The van der Waals surface area contributed by atoms with Gasteiger partial charge < -0.3 is 10.5 Å². The summed E-state index contributed by atoms with van der Waals surface area (Å²) >= 11 is 1.14. The van der Waals surface area contributed by atoms with Gasteiger partial charge in [0.25, 0.3) is 5.56 Å². The Morgan fingerprint density at radius 2 is 2.39 bits per heavy atom. The van der Waals surface area contributed by atoms with E-state index < -0.39 is 0 Å². The average molecular weight is 269 g/mol. The topological polar surface area (TPSA) is 115 Å². The number of carbonyl (C=O) groups is 1. The molecule has 0 bridgehead atoms. The molecule has 2 rings (SSSR count). The Labute approximate surface area is 106 Å². The smallest absolute Gasteiger partial charge is 0.316 e. The molecule has 0 aromatic carbocycles. The van der Waals surface area contributed by atoms with Crippen LogP contribution in [0.5, 0.6) is 0 Å². The molecule has 2 aromatic rings. The molecule has 0 radical (unpaired) electrons. The highest BCUT2D eigenvalue weighted by Crippen LogP contribution is 2.18. The van der Waals surface area contributed by atoms with Gasteiger partial charge in [0.1, 0.15) is 5.82 Å². The summed E-state index contributed by atoms with van der Waals surface area (Å²) in [5.41, 5.74) is 5.35. The molecule has 0 fully saturated rings. The van der Waals surface area contributed by atoms with Crippen LogP contribution in [0.4, 0.5) is 5.82 Å². The highest BCUT2D eigenvalue weighted by molar-refractivity contribution is 7.99. The van der Waals surface area contributed by atoms with Gasteiger partial charge in [0.2, 0.25) is 5.78 Å². The molecule has 9 heteroatoms. The number of aromatic amines is 1. The molecule has 3 N–H and O–H groups in total. The van der Waals surface area contributed by atoms with Gasteiger partial charge in [-0.25, -0.2) is 4.40 Å². The summed E-state index contributed by atoms with van der Waals surface area (Å²) in [4.78, 5) is 24.9. The minimum atomic E-state index is -0.352. The van der Waals surface area contributed by atoms with Gasteiger partial charge in [-0.3, -0.25) is 14.6 Å². The number of carbonyl (C=O) groups excluding carboxylic acids is 1. The Bertz CT molecular complexity index is 635. The first-order valence-corrected chi connectivity index (χ1v) is 6.12. The number of aromatic nitrogens is 4. The van der Waals surface area contributed by atoms with Gasteiger partial charge in [-0.15, -0.1) is 10.2 Å². The maximum Gasteiger partial charge on any atom is 0.316 e. The van der Waals surface area contributed by atoms with Crippen LogP contribution in [-0.2, 0) is 9.53 Å². The summed E-state index contributed by atoms with van der Waals surface area (Å²) in [6.45, 7) is 2.06. The zero-order valence-electron chi connectivity index (χ0n) is 9.54. The fraction of sp³-hybridized carbons (Fsp3) is 0.333. The number of hydrogen-bond acceptors (Lipinski definition) is 7. The van der Waals surface area contributed by atoms with Crippen LogP contribution in [-0.4, -0.2) is 37.9 Å². The van der Waals surface area contributed by atoms with Crippen LogP contribution < -0.4 is 11.3 Å². The lowest BCUT2D eigenvalue weighted by Crippen LogP contribution is -2.12. The minimum Gasteiger partial charge on any atom is -0.465 e. The first-order valence-electron chi connectivity index (χ1n) is 5.14. The monoisotopic (exact) mass is 269 g/mol. The number of thioether (sulfide) groups is 1. The van der Waals surface area contributed by atoms with Crippen molar-refractivity contribution in [1.29, 1.82) is 0 Å². The van der Waals surface area contributed by atoms with Crippen LogP contribution in [0.3, 0.4) is 0 Å². The molecule has 0 saturated carbocycles. The van der Waals surface area contributed by atoms with E-state index in [9.17, 15) is 9.59 Å². The third-order valence-corrected chi connectivity index (χ3v) is 2.93. The van der Waals surface area contributed by atoms with Crippen LogP contribution in [0.25, 0.3) is 5.78 Å². The molecule has 0 saturated heterocycles. The number of nitrogens with one attached hydrogen (secondary N) is 1. The predicted octanol–water partition coefficient (Wildman–Crippen LogP) is -0.345. The quantitative estimate of drug-likeness (QED) is 0.576. The molecule has 8 nitrogen and oxygen atoms in total. The number of nitrogens with two attached hydrogens (primary N) is 1. The summed E-state index contributed by atoms with van der Waals surface area (Å²) in [5.74, 6) is 0.214. The lowest BCUT2D eigenvalue weighted by molar-refractivity contribution is -0.139. The Hall–Kier alpha value is -2.03. The van der Waals surface area contributed by atoms with Crippen molar-refractivity contribution in [2.24, 2.45) is 0 Å².